The van der Waals surface area contributed by atoms with Crippen molar-refractivity contribution >= 4 is 17.6 Å². The smallest absolute Gasteiger partial charge is 0.354 e. The van der Waals surface area contributed by atoms with Crippen molar-refractivity contribution in [2.45, 2.75) is 26.8 Å². The number of carboxylic acid groups (broad SMARTS) is 1. The number of carbonyl (C=O) groups excluding carboxylic acids is 1. The molecule has 0 atom stereocenters. The van der Waals surface area contributed by atoms with Gasteiger partial charge in [0, 0.05) is 18.3 Å². The van der Waals surface area contributed by atoms with Crippen molar-refractivity contribution in [2.75, 3.05) is 5.32 Å². The van der Waals surface area contributed by atoms with Crippen LogP contribution in [0.25, 0.3) is 0 Å². The lowest BCUT2D eigenvalue weighted by Crippen LogP contribution is -2.18. The first kappa shape index (κ1) is 14.8. The number of hydrogen-bond acceptors (Lipinski definition) is 3. The SMILES string of the molecule is Cc1cccc(NC(=O)CCn2nccc2C(=O)O)c1C. The second-order valence-corrected chi connectivity index (χ2v) is 4.79. The van der Waals surface area contributed by atoms with E-state index in [-0.39, 0.29) is 24.6 Å². The lowest BCUT2D eigenvalue weighted by Gasteiger charge is -2.10. The fraction of sp³-hybridized carbons (Fsp3) is 0.267. The molecule has 2 aromatic rings. The van der Waals surface area contributed by atoms with Gasteiger partial charge in [-0.15, -0.1) is 0 Å². The van der Waals surface area contributed by atoms with E-state index in [4.69, 9.17) is 5.11 Å². The quantitative estimate of drug-likeness (QED) is 0.883. The molecule has 21 heavy (non-hydrogen) atoms. The lowest BCUT2D eigenvalue weighted by atomic mass is 10.1. The van der Waals surface area contributed by atoms with Gasteiger partial charge in [0.15, 0.2) is 0 Å². The molecule has 0 aliphatic carbocycles. The Kier molecular flexibility index (Phi) is 4.37. The summed E-state index contributed by atoms with van der Waals surface area (Å²) in [5.74, 6) is -1.22. The van der Waals surface area contributed by atoms with Gasteiger partial charge in [0.25, 0.3) is 0 Å². The predicted molar refractivity (Wildman–Crippen MR) is 78.3 cm³/mol. The normalized spacial score (nSPS) is 10.4. The molecule has 1 amide bonds. The van der Waals surface area contributed by atoms with Gasteiger partial charge in [0.1, 0.15) is 5.69 Å². The number of nitrogens with one attached hydrogen (secondary N) is 1. The Morgan fingerprint density at radius 1 is 1.29 bits per heavy atom. The summed E-state index contributed by atoms with van der Waals surface area (Å²) < 4.78 is 1.31. The summed E-state index contributed by atoms with van der Waals surface area (Å²) in [4.78, 5) is 22.9. The first-order valence-electron chi connectivity index (χ1n) is 6.60. The van der Waals surface area contributed by atoms with Gasteiger partial charge in [-0.1, -0.05) is 12.1 Å². The molecule has 0 fully saturated rings. The molecule has 0 spiro atoms. The number of aromatic nitrogens is 2. The summed E-state index contributed by atoms with van der Waals surface area (Å²) in [6.07, 6.45) is 1.57. The Labute approximate surface area is 122 Å². The molecule has 0 aliphatic heterocycles. The van der Waals surface area contributed by atoms with Crippen molar-refractivity contribution in [3.63, 3.8) is 0 Å². The molecule has 6 heteroatoms. The molecule has 0 aliphatic rings. The van der Waals surface area contributed by atoms with E-state index in [0.717, 1.165) is 16.8 Å². The van der Waals surface area contributed by atoms with Crippen molar-refractivity contribution in [3.05, 3.63) is 47.3 Å². The van der Waals surface area contributed by atoms with Crippen molar-refractivity contribution in [2.24, 2.45) is 0 Å². The predicted octanol–water partition coefficient (Wildman–Crippen LogP) is 2.23. The molecule has 2 rings (SSSR count). The van der Waals surface area contributed by atoms with Gasteiger partial charge in [-0.2, -0.15) is 5.10 Å². The van der Waals surface area contributed by atoms with Crippen LogP contribution in [0.15, 0.2) is 30.5 Å². The first-order chi connectivity index (χ1) is 9.99. The van der Waals surface area contributed by atoms with Crippen LogP contribution in [0.5, 0.6) is 0 Å². The fourth-order valence-corrected chi connectivity index (χ4v) is 2.00. The minimum atomic E-state index is -1.05. The average molecular weight is 287 g/mol. The van der Waals surface area contributed by atoms with Gasteiger partial charge in [-0.05, 0) is 37.1 Å². The first-order valence-corrected chi connectivity index (χ1v) is 6.60. The summed E-state index contributed by atoms with van der Waals surface area (Å²) in [7, 11) is 0. The van der Waals surface area contributed by atoms with E-state index >= 15 is 0 Å². The molecule has 1 aromatic heterocycles. The standard InChI is InChI=1S/C15H17N3O3/c1-10-4-3-5-12(11(10)2)17-14(19)7-9-18-13(15(20)21)6-8-16-18/h3-6,8H,7,9H2,1-2H3,(H,17,19)(H,20,21). The second-order valence-electron chi connectivity index (χ2n) is 4.79. The maximum atomic E-state index is 12.0. The zero-order valence-corrected chi connectivity index (χ0v) is 12.0. The van der Waals surface area contributed by atoms with Crippen LogP contribution >= 0.6 is 0 Å². The number of carbonyl (C=O) groups is 2. The van der Waals surface area contributed by atoms with E-state index in [1.165, 1.54) is 16.9 Å². The highest BCUT2D eigenvalue weighted by Crippen LogP contribution is 2.18. The molecule has 1 heterocycles. The van der Waals surface area contributed by atoms with Crippen LogP contribution in [-0.2, 0) is 11.3 Å². The van der Waals surface area contributed by atoms with Crippen LogP contribution in [0.3, 0.4) is 0 Å². The number of rotatable bonds is 5. The molecule has 110 valence electrons. The van der Waals surface area contributed by atoms with Gasteiger partial charge >= 0.3 is 5.97 Å². The van der Waals surface area contributed by atoms with E-state index in [1.807, 2.05) is 32.0 Å². The molecule has 0 bridgehead atoms. The zero-order valence-electron chi connectivity index (χ0n) is 12.0. The number of aryl methyl sites for hydroxylation is 2. The van der Waals surface area contributed by atoms with Crippen molar-refractivity contribution in [1.29, 1.82) is 0 Å². The lowest BCUT2D eigenvalue weighted by molar-refractivity contribution is -0.116. The van der Waals surface area contributed by atoms with E-state index in [0.29, 0.717) is 0 Å². The van der Waals surface area contributed by atoms with E-state index in [9.17, 15) is 9.59 Å². The number of anilines is 1. The Morgan fingerprint density at radius 3 is 2.76 bits per heavy atom. The summed E-state index contributed by atoms with van der Waals surface area (Å²) in [6, 6.07) is 7.11. The molecule has 0 saturated carbocycles. The van der Waals surface area contributed by atoms with Crippen LogP contribution in [0.4, 0.5) is 5.69 Å². The summed E-state index contributed by atoms with van der Waals surface area (Å²) in [5, 5.41) is 15.7. The van der Waals surface area contributed by atoms with Gasteiger partial charge in [0.2, 0.25) is 5.91 Å². The molecule has 6 nitrogen and oxygen atoms in total. The minimum absolute atomic E-state index is 0.0783. The van der Waals surface area contributed by atoms with Crippen LogP contribution < -0.4 is 5.32 Å². The molecule has 0 unspecified atom stereocenters. The van der Waals surface area contributed by atoms with E-state index in [1.54, 1.807) is 0 Å². The Hall–Kier alpha value is -2.63. The van der Waals surface area contributed by atoms with Crippen LogP contribution in [0.2, 0.25) is 0 Å². The number of hydrogen-bond donors (Lipinski definition) is 2. The Morgan fingerprint density at radius 2 is 2.05 bits per heavy atom. The molecule has 1 aromatic carbocycles. The number of aromatic carboxylic acids is 1. The maximum absolute atomic E-state index is 12.0. The zero-order chi connectivity index (χ0) is 15.4. The highest BCUT2D eigenvalue weighted by molar-refractivity contribution is 5.91. The van der Waals surface area contributed by atoms with Crippen molar-refractivity contribution in [3.8, 4) is 0 Å². The number of carboxylic acids is 1. The summed E-state index contributed by atoms with van der Waals surface area (Å²) in [5.41, 5.74) is 2.98. The second kappa shape index (κ2) is 6.21. The van der Waals surface area contributed by atoms with Gasteiger partial charge in [-0.25, -0.2) is 4.79 Å². The number of benzene rings is 1. The molecular formula is C15H17N3O3. The summed E-state index contributed by atoms with van der Waals surface area (Å²) in [6.45, 7) is 4.15. The molecule has 0 radical (unpaired) electrons. The minimum Gasteiger partial charge on any atom is -0.477 e. The third kappa shape index (κ3) is 3.47. The monoisotopic (exact) mass is 287 g/mol. The average Bonchev–Trinajstić information content (AvgIpc) is 2.90. The Balaban J connectivity index is 1.98. The Bertz CT molecular complexity index is 677. The van der Waals surface area contributed by atoms with Gasteiger partial charge in [0.05, 0.1) is 6.54 Å². The van der Waals surface area contributed by atoms with Crippen LogP contribution in [0, 0.1) is 13.8 Å². The van der Waals surface area contributed by atoms with E-state index in [2.05, 4.69) is 10.4 Å². The summed E-state index contributed by atoms with van der Waals surface area (Å²) >= 11 is 0. The largest absolute Gasteiger partial charge is 0.477 e. The van der Waals surface area contributed by atoms with Gasteiger partial charge in [-0.3, -0.25) is 9.48 Å². The van der Waals surface area contributed by atoms with Crippen molar-refractivity contribution < 1.29 is 14.7 Å². The van der Waals surface area contributed by atoms with Crippen LogP contribution in [0.1, 0.15) is 28.0 Å². The topological polar surface area (TPSA) is 84.2 Å². The van der Waals surface area contributed by atoms with Crippen LogP contribution in [-0.4, -0.2) is 26.8 Å². The third-order valence-electron chi connectivity index (χ3n) is 3.37. The fourth-order valence-electron chi connectivity index (χ4n) is 2.00. The molecule has 2 N–H and O–H groups in total. The third-order valence-corrected chi connectivity index (χ3v) is 3.37. The number of nitrogens with zero attached hydrogens (tertiary/aromatic N) is 2. The highest BCUT2D eigenvalue weighted by atomic mass is 16.4. The maximum Gasteiger partial charge on any atom is 0.354 e. The van der Waals surface area contributed by atoms with Crippen molar-refractivity contribution in [1.82, 2.24) is 9.78 Å². The highest BCUT2D eigenvalue weighted by Gasteiger charge is 2.12. The number of amides is 1. The molecule has 0 saturated heterocycles. The molecular weight excluding hydrogens is 270 g/mol. The van der Waals surface area contributed by atoms with E-state index < -0.39 is 5.97 Å². The van der Waals surface area contributed by atoms with Gasteiger partial charge < -0.3 is 10.4 Å².